The van der Waals surface area contributed by atoms with Crippen LogP contribution in [0.25, 0.3) is 0 Å². The number of aromatic nitrogens is 1. The zero-order chi connectivity index (χ0) is 14.8. The molecule has 1 aromatic heterocycles. The molecule has 1 fully saturated rings. The molecule has 0 radical (unpaired) electrons. The summed E-state index contributed by atoms with van der Waals surface area (Å²) in [7, 11) is 0. The number of benzene rings is 1. The highest BCUT2D eigenvalue weighted by Gasteiger charge is 2.33. The molecule has 0 atom stereocenters. The highest BCUT2D eigenvalue weighted by atomic mass is 16.2. The lowest BCUT2D eigenvalue weighted by atomic mass is 10.2. The molecule has 108 valence electrons. The minimum absolute atomic E-state index is 0.141. The first-order valence-electron chi connectivity index (χ1n) is 6.98. The van der Waals surface area contributed by atoms with E-state index in [4.69, 9.17) is 5.73 Å². The number of hydrogen-bond acceptors (Lipinski definition) is 3. The van der Waals surface area contributed by atoms with Crippen LogP contribution < -0.4 is 11.3 Å². The first kappa shape index (κ1) is 13.4. The van der Waals surface area contributed by atoms with Crippen LogP contribution in [0.5, 0.6) is 0 Å². The molecule has 1 amide bonds. The van der Waals surface area contributed by atoms with Gasteiger partial charge in [0.05, 0.1) is 0 Å². The molecule has 5 heteroatoms. The second-order valence-electron chi connectivity index (χ2n) is 5.34. The third kappa shape index (κ3) is 3.13. The molecule has 1 heterocycles. The molecule has 1 saturated carbocycles. The van der Waals surface area contributed by atoms with Gasteiger partial charge in [-0.3, -0.25) is 9.59 Å². The third-order valence-electron chi connectivity index (χ3n) is 3.55. The smallest absolute Gasteiger partial charge is 0.270 e. The number of hydrogen-bond donors (Lipinski definition) is 2. The molecule has 1 aliphatic carbocycles. The van der Waals surface area contributed by atoms with Crippen molar-refractivity contribution in [1.82, 2.24) is 9.88 Å². The molecule has 3 rings (SSSR count). The zero-order valence-electron chi connectivity index (χ0n) is 11.6. The molecule has 0 aliphatic heterocycles. The molecular formula is C16H17N3O2. The van der Waals surface area contributed by atoms with Gasteiger partial charge in [0.2, 0.25) is 5.56 Å². The van der Waals surface area contributed by atoms with Crippen molar-refractivity contribution in [1.29, 1.82) is 0 Å². The summed E-state index contributed by atoms with van der Waals surface area (Å²) in [6.45, 7) is 0.505. The average Bonchev–Trinajstić information content (AvgIpc) is 3.29. The molecule has 5 nitrogen and oxygen atoms in total. The molecule has 0 spiro atoms. The number of rotatable bonds is 4. The van der Waals surface area contributed by atoms with Crippen LogP contribution in [0, 0.1) is 0 Å². The Morgan fingerprint density at radius 3 is 2.67 bits per heavy atom. The van der Waals surface area contributed by atoms with Crippen molar-refractivity contribution in [3.8, 4) is 0 Å². The number of pyridine rings is 1. The van der Waals surface area contributed by atoms with E-state index < -0.39 is 0 Å². The van der Waals surface area contributed by atoms with Crippen molar-refractivity contribution in [3.63, 3.8) is 0 Å². The fourth-order valence-corrected chi connectivity index (χ4v) is 2.37. The fraction of sp³-hybridized carbons (Fsp3) is 0.250. The summed E-state index contributed by atoms with van der Waals surface area (Å²) in [5.41, 5.74) is 7.53. The summed E-state index contributed by atoms with van der Waals surface area (Å²) < 4.78 is 0. The number of aromatic amines is 1. The van der Waals surface area contributed by atoms with Crippen LogP contribution in [0.15, 0.2) is 47.3 Å². The van der Waals surface area contributed by atoms with Crippen LogP contribution in [0.1, 0.15) is 28.9 Å². The Kier molecular flexibility index (Phi) is 3.48. The second kappa shape index (κ2) is 5.44. The van der Waals surface area contributed by atoms with Crippen LogP contribution in [0.4, 0.5) is 5.69 Å². The monoisotopic (exact) mass is 283 g/mol. The summed E-state index contributed by atoms with van der Waals surface area (Å²) in [5, 5.41) is 0. The van der Waals surface area contributed by atoms with E-state index in [1.165, 1.54) is 6.07 Å². The van der Waals surface area contributed by atoms with E-state index >= 15 is 0 Å². The van der Waals surface area contributed by atoms with Crippen molar-refractivity contribution < 1.29 is 4.79 Å². The maximum atomic E-state index is 12.6. The maximum Gasteiger partial charge on any atom is 0.270 e. The number of nitrogens with one attached hydrogen (secondary N) is 1. The average molecular weight is 283 g/mol. The third-order valence-corrected chi connectivity index (χ3v) is 3.55. The lowest BCUT2D eigenvalue weighted by Crippen LogP contribution is -2.34. The minimum atomic E-state index is -0.263. The molecule has 2 aromatic rings. The number of carbonyl (C=O) groups is 1. The molecule has 0 unspecified atom stereocenters. The number of nitrogens with zero attached hydrogens (tertiary/aromatic N) is 1. The summed E-state index contributed by atoms with van der Waals surface area (Å²) in [5.74, 6) is -0.141. The Morgan fingerprint density at radius 1 is 1.24 bits per heavy atom. The molecule has 0 bridgehead atoms. The van der Waals surface area contributed by atoms with Gasteiger partial charge >= 0.3 is 0 Å². The maximum absolute atomic E-state index is 12.6. The highest BCUT2D eigenvalue weighted by molar-refractivity contribution is 5.92. The van der Waals surface area contributed by atoms with Crippen molar-refractivity contribution >= 4 is 11.6 Å². The first-order valence-corrected chi connectivity index (χ1v) is 6.98. The van der Waals surface area contributed by atoms with E-state index in [9.17, 15) is 9.59 Å². The summed E-state index contributed by atoms with van der Waals surface area (Å²) >= 11 is 0. The Labute approximate surface area is 122 Å². The van der Waals surface area contributed by atoms with Crippen molar-refractivity contribution in [3.05, 3.63) is 64.1 Å². The predicted molar refractivity (Wildman–Crippen MR) is 80.8 cm³/mol. The van der Waals surface area contributed by atoms with Gasteiger partial charge in [-0.2, -0.15) is 0 Å². The van der Waals surface area contributed by atoms with E-state index in [1.807, 2.05) is 24.3 Å². The minimum Gasteiger partial charge on any atom is -0.399 e. The Hall–Kier alpha value is -2.56. The molecular weight excluding hydrogens is 266 g/mol. The Morgan fingerprint density at radius 2 is 2.00 bits per heavy atom. The number of amides is 1. The normalized spacial score (nSPS) is 13.9. The number of carbonyl (C=O) groups excluding carboxylic acids is 1. The zero-order valence-corrected chi connectivity index (χ0v) is 11.6. The van der Waals surface area contributed by atoms with Gasteiger partial charge in [-0.15, -0.1) is 0 Å². The lowest BCUT2D eigenvalue weighted by molar-refractivity contribution is 0.0723. The number of H-pyrrole nitrogens is 1. The van der Waals surface area contributed by atoms with Gasteiger partial charge in [0.25, 0.3) is 5.91 Å². The van der Waals surface area contributed by atoms with Gasteiger partial charge in [-0.1, -0.05) is 18.2 Å². The van der Waals surface area contributed by atoms with Crippen LogP contribution in [-0.2, 0) is 6.54 Å². The topological polar surface area (TPSA) is 79.2 Å². The SMILES string of the molecule is Nc1cccc(CN(C(=O)c2cccc(=O)[nH]2)C2CC2)c1. The Bertz CT molecular complexity index is 719. The second-order valence-corrected chi connectivity index (χ2v) is 5.34. The molecule has 3 N–H and O–H groups in total. The highest BCUT2D eigenvalue weighted by Crippen LogP contribution is 2.29. The number of nitrogens with two attached hydrogens (primary N) is 1. The van der Waals surface area contributed by atoms with Crippen molar-refractivity contribution in [2.24, 2.45) is 0 Å². The summed E-state index contributed by atoms with van der Waals surface area (Å²) in [4.78, 5) is 28.4. The quantitative estimate of drug-likeness (QED) is 0.839. The number of nitrogen functional groups attached to an aromatic ring is 1. The van der Waals surface area contributed by atoms with Gasteiger partial charge in [0.15, 0.2) is 0 Å². The molecule has 1 aromatic carbocycles. The van der Waals surface area contributed by atoms with E-state index in [0.717, 1.165) is 18.4 Å². The lowest BCUT2D eigenvalue weighted by Gasteiger charge is -2.22. The van der Waals surface area contributed by atoms with Crippen molar-refractivity contribution in [2.75, 3.05) is 5.73 Å². The van der Waals surface area contributed by atoms with Crippen LogP contribution >= 0.6 is 0 Å². The van der Waals surface area contributed by atoms with E-state index in [2.05, 4.69) is 4.98 Å². The first-order chi connectivity index (χ1) is 10.1. The molecule has 21 heavy (non-hydrogen) atoms. The van der Waals surface area contributed by atoms with E-state index in [0.29, 0.717) is 17.9 Å². The van der Waals surface area contributed by atoms with Gasteiger partial charge in [-0.25, -0.2) is 0 Å². The standard InChI is InChI=1S/C16H17N3O2/c17-12-4-1-3-11(9-12)10-19(13-7-8-13)16(21)14-5-2-6-15(20)18-14/h1-6,9,13H,7-8,10,17H2,(H,18,20). The largest absolute Gasteiger partial charge is 0.399 e. The van der Waals surface area contributed by atoms with Gasteiger partial charge < -0.3 is 15.6 Å². The number of anilines is 1. The summed E-state index contributed by atoms with van der Waals surface area (Å²) in [6, 6.07) is 12.4. The summed E-state index contributed by atoms with van der Waals surface area (Å²) in [6.07, 6.45) is 2.01. The van der Waals surface area contributed by atoms with E-state index in [1.54, 1.807) is 17.0 Å². The van der Waals surface area contributed by atoms with Gasteiger partial charge in [-0.05, 0) is 36.6 Å². The van der Waals surface area contributed by atoms with E-state index in [-0.39, 0.29) is 17.5 Å². The van der Waals surface area contributed by atoms with Crippen LogP contribution in [0.2, 0.25) is 0 Å². The van der Waals surface area contributed by atoms with Crippen molar-refractivity contribution in [2.45, 2.75) is 25.4 Å². The predicted octanol–water partition coefficient (Wildman–Crippen LogP) is 1.76. The molecule has 1 aliphatic rings. The molecule has 0 saturated heterocycles. The van der Waals surface area contributed by atoms with Gasteiger partial charge in [0.1, 0.15) is 5.69 Å². The Balaban J connectivity index is 1.85. The van der Waals surface area contributed by atoms with Crippen LogP contribution in [0.3, 0.4) is 0 Å². The van der Waals surface area contributed by atoms with Crippen LogP contribution in [-0.4, -0.2) is 21.8 Å². The van der Waals surface area contributed by atoms with Gasteiger partial charge in [0, 0.05) is 24.3 Å². The fourth-order valence-electron chi connectivity index (χ4n) is 2.37.